The van der Waals surface area contributed by atoms with Crippen LogP contribution >= 0.6 is 11.8 Å². The molecular formula is C9H9F3N2O3S. The quantitative estimate of drug-likeness (QED) is 0.678. The van der Waals surface area contributed by atoms with E-state index in [1.165, 1.54) is 13.2 Å². The summed E-state index contributed by atoms with van der Waals surface area (Å²) in [6, 6.07) is 0. The number of ether oxygens (including phenoxy) is 1. The lowest BCUT2D eigenvalue weighted by atomic mass is 10.3. The molecule has 0 atom stereocenters. The average Bonchev–Trinajstić information content (AvgIpc) is 2.26. The molecule has 9 heteroatoms. The summed E-state index contributed by atoms with van der Waals surface area (Å²) < 4.78 is 46.0. The summed E-state index contributed by atoms with van der Waals surface area (Å²) in [7, 11) is 0. The van der Waals surface area contributed by atoms with Gasteiger partial charge in [0.05, 0.1) is 6.61 Å². The summed E-state index contributed by atoms with van der Waals surface area (Å²) in [5.41, 5.74) is -1.32. The standard InChI is InChI=1S/C9H9F3N2O3S/c1-3-16-7(15)4-5(13)17-8(9(10,11)12)14-6(4)18-2/h13H,3H2,1-2H3. The van der Waals surface area contributed by atoms with Crippen molar-refractivity contribution < 1.29 is 27.1 Å². The van der Waals surface area contributed by atoms with Crippen molar-refractivity contribution in [2.24, 2.45) is 0 Å². The molecule has 1 heterocycles. The van der Waals surface area contributed by atoms with E-state index in [1.807, 2.05) is 0 Å². The van der Waals surface area contributed by atoms with Crippen molar-refractivity contribution in [2.75, 3.05) is 12.9 Å². The zero-order chi connectivity index (χ0) is 13.9. The summed E-state index contributed by atoms with van der Waals surface area (Å²) in [5.74, 6) is -2.50. The third-order valence-corrected chi connectivity index (χ3v) is 2.44. The minimum absolute atomic E-state index is 0.0348. The molecule has 0 radical (unpaired) electrons. The van der Waals surface area contributed by atoms with E-state index in [2.05, 4.69) is 14.1 Å². The molecule has 18 heavy (non-hydrogen) atoms. The van der Waals surface area contributed by atoms with E-state index < -0.39 is 29.2 Å². The highest BCUT2D eigenvalue weighted by Crippen LogP contribution is 2.28. The van der Waals surface area contributed by atoms with Crippen LogP contribution in [0.1, 0.15) is 23.2 Å². The third-order valence-electron chi connectivity index (χ3n) is 1.76. The van der Waals surface area contributed by atoms with Gasteiger partial charge in [-0.2, -0.15) is 13.2 Å². The Balaban J connectivity index is 3.38. The largest absolute Gasteiger partial charge is 0.469 e. The van der Waals surface area contributed by atoms with Crippen LogP contribution in [-0.2, 0) is 10.9 Å². The van der Waals surface area contributed by atoms with E-state index in [0.29, 0.717) is 0 Å². The number of nitrogens with zero attached hydrogens (tertiary/aromatic N) is 1. The average molecular weight is 282 g/mol. The minimum atomic E-state index is -4.81. The molecule has 0 bridgehead atoms. The molecule has 1 rings (SSSR count). The summed E-state index contributed by atoms with van der Waals surface area (Å²) in [4.78, 5) is 14.6. The van der Waals surface area contributed by atoms with Gasteiger partial charge in [0, 0.05) is 0 Å². The number of rotatable bonds is 3. The van der Waals surface area contributed by atoms with Crippen LogP contribution in [0, 0.1) is 5.41 Å². The molecule has 0 aliphatic rings. The predicted octanol–water partition coefficient (Wildman–Crippen LogP) is 2.07. The normalized spacial score (nSPS) is 11.4. The number of carbonyl (C=O) groups is 1. The van der Waals surface area contributed by atoms with Crippen molar-refractivity contribution in [3.05, 3.63) is 17.0 Å². The number of thioether (sulfide) groups is 1. The number of halogens is 3. The zero-order valence-corrected chi connectivity index (χ0v) is 10.2. The highest BCUT2D eigenvalue weighted by molar-refractivity contribution is 7.98. The van der Waals surface area contributed by atoms with Crippen molar-refractivity contribution in [1.29, 1.82) is 5.41 Å². The van der Waals surface area contributed by atoms with Crippen molar-refractivity contribution in [3.63, 3.8) is 0 Å². The first-order valence-corrected chi connectivity index (χ1v) is 5.91. The Morgan fingerprint density at radius 2 is 2.17 bits per heavy atom. The highest BCUT2D eigenvalue weighted by atomic mass is 32.2. The number of aromatic nitrogens is 1. The van der Waals surface area contributed by atoms with E-state index in [4.69, 9.17) is 5.41 Å². The van der Waals surface area contributed by atoms with Crippen LogP contribution in [0.4, 0.5) is 13.2 Å². The second kappa shape index (κ2) is 5.42. The Morgan fingerprint density at radius 3 is 2.61 bits per heavy atom. The van der Waals surface area contributed by atoms with Gasteiger partial charge in [0.2, 0.25) is 5.55 Å². The van der Waals surface area contributed by atoms with Crippen LogP contribution in [0.5, 0.6) is 0 Å². The number of hydrogen-bond acceptors (Lipinski definition) is 6. The van der Waals surface area contributed by atoms with Crippen molar-refractivity contribution >= 4 is 17.7 Å². The van der Waals surface area contributed by atoms with Gasteiger partial charge in [-0.05, 0) is 13.2 Å². The van der Waals surface area contributed by atoms with Gasteiger partial charge in [-0.15, -0.1) is 11.8 Å². The first-order chi connectivity index (χ1) is 8.31. The van der Waals surface area contributed by atoms with Crippen molar-refractivity contribution in [2.45, 2.75) is 18.1 Å². The molecule has 0 amide bonds. The van der Waals surface area contributed by atoms with E-state index in [1.54, 1.807) is 0 Å². The van der Waals surface area contributed by atoms with Crippen LogP contribution in [0.2, 0.25) is 0 Å². The Hall–Kier alpha value is -1.51. The number of hydrogen-bond donors (Lipinski definition) is 1. The van der Waals surface area contributed by atoms with Crippen LogP contribution in [0.25, 0.3) is 0 Å². The zero-order valence-electron chi connectivity index (χ0n) is 9.42. The van der Waals surface area contributed by atoms with Gasteiger partial charge in [-0.3, -0.25) is 5.41 Å². The van der Waals surface area contributed by atoms with Gasteiger partial charge in [-0.25, -0.2) is 9.78 Å². The fourth-order valence-electron chi connectivity index (χ4n) is 1.07. The maximum Gasteiger partial charge on any atom is 0.469 e. The second-order valence-electron chi connectivity index (χ2n) is 2.95. The number of nitrogens with one attached hydrogen (secondary N) is 1. The van der Waals surface area contributed by atoms with Gasteiger partial charge < -0.3 is 9.15 Å². The first kappa shape index (κ1) is 14.6. The highest BCUT2D eigenvalue weighted by Gasteiger charge is 2.38. The maximum absolute atomic E-state index is 12.4. The summed E-state index contributed by atoms with van der Waals surface area (Å²) >= 11 is 0.802. The molecule has 0 spiro atoms. The lowest BCUT2D eigenvalue weighted by Gasteiger charge is -2.09. The van der Waals surface area contributed by atoms with Gasteiger partial charge in [0.1, 0.15) is 5.03 Å². The summed E-state index contributed by atoms with van der Waals surface area (Å²) in [5, 5.41) is 7.07. The second-order valence-corrected chi connectivity index (χ2v) is 3.75. The monoisotopic (exact) mass is 282 g/mol. The number of carbonyl (C=O) groups excluding carboxylic acids is 1. The predicted molar refractivity (Wildman–Crippen MR) is 55.1 cm³/mol. The third kappa shape index (κ3) is 3.03. The minimum Gasteiger partial charge on any atom is -0.462 e. The maximum atomic E-state index is 12.4. The van der Waals surface area contributed by atoms with Crippen LogP contribution in [0.3, 0.4) is 0 Å². The molecule has 0 aliphatic carbocycles. The van der Waals surface area contributed by atoms with Crippen molar-refractivity contribution in [3.8, 4) is 0 Å². The molecule has 1 N–H and O–H groups in total. The van der Waals surface area contributed by atoms with Crippen LogP contribution in [-0.4, -0.2) is 23.8 Å². The number of alkyl halides is 3. The fourth-order valence-corrected chi connectivity index (χ4v) is 1.62. The summed E-state index contributed by atoms with van der Waals surface area (Å²) in [6.07, 6.45) is -3.38. The Labute approximate surface area is 104 Å². The van der Waals surface area contributed by atoms with E-state index in [9.17, 15) is 18.0 Å². The van der Waals surface area contributed by atoms with E-state index >= 15 is 0 Å². The molecular weight excluding hydrogens is 273 g/mol. The Kier molecular flexibility index (Phi) is 4.38. The molecule has 0 saturated heterocycles. The Morgan fingerprint density at radius 1 is 1.56 bits per heavy atom. The Bertz CT molecular complexity index is 513. The lowest BCUT2D eigenvalue weighted by molar-refractivity contribution is -0.160. The summed E-state index contributed by atoms with van der Waals surface area (Å²) in [6.45, 7) is 1.57. The number of esters is 1. The van der Waals surface area contributed by atoms with E-state index in [0.717, 1.165) is 11.8 Å². The smallest absolute Gasteiger partial charge is 0.462 e. The molecule has 0 aliphatic heterocycles. The fraction of sp³-hybridized carbons (Fsp3) is 0.444. The van der Waals surface area contributed by atoms with Gasteiger partial charge in [0.15, 0.2) is 5.56 Å². The van der Waals surface area contributed by atoms with Gasteiger partial charge in [0.25, 0.3) is 0 Å². The van der Waals surface area contributed by atoms with Gasteiger partial charge >= 0.3 is 18.0 Å². The van der Waals surface area contributed by atoms with Crippen LogP contribution in [0.15, 0.2) is 9.44 Å². The molecule has 1 aromatic rings. The molecule has 0 aromatic carbocycles. The SMILES string of the molecule is CCOC(=O)c1c(SC)nc(C(F)(F)F)oc1=N. The molecule has 0 unspecified atom stereocenters. The van der Waals surface area contributed by atoms with E-state index in [-0.39, 0.29) is 11.6 Å². The molecule has 1 aromatic heterocycles. The molecule has 100 valence electrons. The topological polar surface area (TPSA) is 76.2 Å². The lowest BCUT2D eigenvalue weighted by Crippen LogP contribution is -2.23. The molecule has 0 saturated carbocycles. The van der Waals surface area contributed by atoms with Crippen LogP contribution < -0.4 is 5.55 Å². The van der Waals surface area contributed by atoms with Crippen molar-refractivity contribution in [1.82, 2.24) is 4.98 Å². The molecule has 5 nitrogen and oxygen atoms in total. The van der Waals surface area contributed by atoms with Gasteiger partial charge in [-0.1, -0.05) is 0 Å². The first-order valence-electron chi connectivity index (χ1n) is 4.69. The molecule has 0 fully saturated rings.